The van der Waals surface area contributed by atoms with Gasteiger partial charge in [0.05, 0.1) is 18.0 Å². The van der Waals surface area contributed by atoms with E-state index in [-0.39, 0.29) is 11.9 Å². The van der Waals surface area contributed by atoms with Gasteiger partial charge < -0.3 is 9.84 Å². The van der Waals surface area contributed by atoms with Gasteiger partial charge in [-0.05, 0) is 36.0 Å². The summed E-state index contributed by atoms with van der Waals surface area (Å²) >= 11 is 1.50. The number of methoxy groups -OCH3 is 1. The van der Waals surface area contributed by atoms with Crippen LogP contribution in [-0.2, 0) is 0 Å². The van der Waals surface area contributed by atoms with Crippen LogP contribution in [0.2, 0.25) is 0 Å². The second kappa shape index (κ2) is 6.89. The molecule has 3 aromatic rings. The number of fused-ring (bicyclic) bond motifs is 1. The van der Waals surface area contributed by atoms with Gasteiger partial charge in [-0.15, -0.1) is 0 Å². The van der Waals surface area contributed by atoms with E-state index in [4.69, 9.17) is 4.74 Å². The third-order valence-corrected chi connectivity index (χ3v) is 6.15. The van der Waals surface area contributed by atoms with Crippen LogP contribution in [0.5, 0.6) is 11.6 Å². The molecule has 1 aliphatic heterocycles. The number of piperidine rings is 1. The largest absolute Gasteiger partial charge is 0.497 e. The molecule has 3 atom stereocenters. The van der Waals surface area contributed by atoms with E-state index >= 15 is 0 Å². The van der Waals surface area contributed by atoms with Crippen molar-refractivity contribution in [2.24, 2.45) is 11.8 Å². The molecule has 7 heteroatoms. The Morgan fingerprint density at radius 2 is 2.04 bits per heavy atom. The van der Waals surface area contributed by atoms with Crippen LogP contribution in [0.4, 0.5) is 0 Å². The molecule has 2 aromatic heterocycles. The van der Waals surface area contributed by atoms with E-state index in [9.17, 15) is 5.11 Å². The molecule has 0 unspecified atom stereocenters. The van der Waals surface area contributed by atoms with Crippen LogP contribution in [0.15, 0.2) is 30.6 Å². The van der Waals surface area contributed by atoms with E-state index in [2.05, 4.69) is 41.0 Å². The summed E-state index contributed by atoms with van der Waals surface area (Å²) < 4.78 is 6.95. The second-order valence-electron chi connectivity index (χ2n) is 7.32. The number of hydrogen-bond acceptors (Lipinski definition) is 6. The standard InChI is InChI=1S/C19H24N4O2S/c1-12-7-13(2)10-22(9-12)16(14-5-4-6-15(8-14)25-3)17-18(24)23-19(26-17)20-11-21-23/h4-6,8,11-13,16,24H,7,9-10H2,1-3H3/t12-,13-,16+/m1/s1. The zero-order chi connectivity index (χ0) is 18.3. The molecule has 4 rings (SSSR count). The third-order valence-electron chi connectivity index (χ3n) is 5.06. The van der Waals surface area contributed by atoms with Crippen LogP contribution in [0, 0.1) is 11.8 Å². The number of ether oxygens (including phenoxy) is 1. The normalized spacial score (nSPS) is 22.6. The monoisotopic (exact) mass is 372 g/mol. The highest BCUT2D eigenvalue weighted by molar-refractivity contribution is 7.17. The fourth-order valence-corrected chi connectivity index (χ4v) is 5.23. The summed E-state index contributed by atoms with van der Waals surface area (Å²) in [5.41, 5.74) is 1.12. The number of rotatable bonds is 4. The molecule has 26 heavy (non-hydrogen) atoms. The van der Waals surface area contributed by atoms with E-state index in [1.165, 1.54) is 28.6 Å². The number of hydrogen-bond donors (Lipinski definition) is 1. The maximum Gasteiger partial charge on any atom is 0.230 e. The lowest BCUT2D eigenvalue weighted by atomic mass is 9.89. The lowest BCUT2D eigenvalue weighted by Gasteiger charge is -2.40. The first kappa shape index (κ1) is 17.3. The number of nitrogens with zero attached hydrogens (tertiary/aromatic N) is 4. The third kappa shape index (κ3) is 3.05. The molecule has 0 amide bonds. The lowest BCUT2D eigenvalue weighted by molar-refractivity contribution is 0.111. The zero-order valence-electron chi connectivity index (χ0n) is 15.3. The minimum absolute atomic E-state index is 0.0381. The van der Waals surface area contributed by atoms with Gasteiger partial charge in [0.25, 0.3) is 0 Å². The highest BCUT2D eigenvalue weighted by Crippen LogP contribution is 2.42. The average Bonchev–Trinajstić information content (AvgIpc) is 3.19. The summed E-state index contributed by atoms with van der Waals surface area (Å²) in [5, 5.41) is 15.0. The van der Waals surface area contributed by atoms with Crippen LogP contribution >= 0.6 is 11.3 Å². The summed E-state index contributed by atoms with van der Waals surface area (Å²) in [4.78, 5) is 8.32. The predicted molar refractivity (Wildman–Crippen MR) is 102 cm³/mol. The number of likely N-dealkylation sites (tertiary alicyclic amines) is 1. The van der Waals surface area contributed by atoms with E-state index in [1.54, 1.807) is 7.11 Å². The van der Waals surface area contributed by atoms with Crippen molar-refractivity contribution in [1.82, 2.24) is 19.5 Å². The van der Waals surface area contributed by atoms with Crippen LogP contribution in [0.25, 0.3) is 4.96 Å². The van der Waals surface area contributed by atoms with Crippen molar-refractivity contribution in [3.63, 3.8) is 0 Å². The second-order valence-corrected chi connectivity index (χ2v) is 8.33. The van der Waals surface area contributed by atoms with Crippen molar-refractivity contribution in [3.05, 3.63) is 41.0 Å². The van der Waals surface area contributed by atoms with Gasteiger partial charge >= 0.3 is 0 Å². The molecule has 1 fully saturated rings. The Kier molecular flexibility index (Phi) is 4.58. The molecular weight excluding hydrogens is 348 g/mol. The molecular formula is C19H24N4O2S. The van der Waals surface area contributed by atoms with Crippen molar-refractivity contribution < 1.29 is 9.84 Å². The smallest absolute Gasteiger partial charge is 0.230 e. The van der Waals surface area contributed by atoms with Gasteiger partial charge in [0.15, 0.2) is 0 Å². The van der Waals surface area contributed by atoms with Crippen molar-refractivity contribution >= 4 is 16.3 Å². The molecule has 0 spiro atoms. The maximum absolute atomic E-state index is 10.8. The maximum atomic E-state index is 10.8. The van der Waals surface area contributed by atoms with Crippen molar-refractivity contribution in [2.75, 3.05) is 20.2 Å². The SMILES string of the molecule is COc1cccc([C@@H](c2sc3ncnn3c2O)N2C[C@H](C)C[C@@H](C)C2)c1. The Labute approximate surface area is 157 Å². The number of thiazole rings is 1. The quantitative estimate of drug-likeness (QED) is 0.758. The number of benzene rings is 1. The first-order valence-electron chi connectivity index (χ1n) is 8.96. The van der Waals surface area contributed by atoms with Gasteiger partial charge in [-0.1, -0.05) is 37.3 Å². The molecule has 1 N–H and O–H groups in total. The van der Waals surface area contributed by atoms with Gasteiger partial charge in [0.1, 0.15) is 12.1 Å². The number of aromatic hydroxyl groups is 1. The van der Waals surface area contributed by atoms with Crippen LogP contribution < -0.4 is 4.74 Å². The molecule has 6 nitrogen and oxygen atoms in total. The zero-order valence-corrected chi connectivity index (χ0v) is 16.1. The Morgan fingerprint density at radius 1 is 1.27 bits per heavy atom. The molecule has 3 heterocycles. The minimum Gasteiger partial charge on any atom is -0.497 e. The molecule has 0 saturated carbocycles. The molecule has 0 radical (unpaired) electrons. The molecule has 0 aliphatic carbocycles. The van der Waals surface area contributed by atoms with Gasteiger partial charge in [0.2, 0.25) is 10.8 Å². The summed E-state index contributed by atoms with van der Waals surface area (Å²) in [7, 11) is 1.68. The highest BCUT2D eigenvalue weighted by Gasteiger charge is 2.33. The van der Waals surface area contributed by atoms with E-state index in [0.717, 1.165) is 29.3 Å². The summed E-state index contributed by atoms with van der Waals surface area (Å²) in [6.45, 7) is 6.60. The Bertz CT molecular complexity index is 896. The lowest BCUT2D eigenvalue weighted by Crippen LogP contribution is -2.41. The number of aromatic nitrogens is 3. The summed E-state index contributed by atoms with van der Waals surface area (Å²) in [6.07, 6.45) is 2.71. The van der Waals surface area contributed by atoms with Gasteiger partial charge in [0, 0.05) is 13.1 Å². The topological polar surface area (TPSA) is 62.9 Å². The van der Waals surface area contributed by atoms with Gasteiger partial charge in [-0.3, -0.25) is 4.90 Å². The molecule has 138 valence electrons. The van der Waals surface area contributed by atoms with E-state index < -0.39 is 0 Å². The minimum atomic E-state index is -0.0381. The predicted octanol–water partition coefficient (Wildman–Crippen LogP) is 3.57. The molecule has 1 aromatic carbocycles. The van der Waals surface area contributed by atoms with Crippen molar-refractivity contribution in [3.8, 4) is 11.6 Å². The van der Waals surface area contributed by atoms with Gasteiger partial charge in [-0.25, -0.2) is 4.98 Å². The van der Waals surface area contributed by atoms with Crippen molar-refractivity contribution in [2.45, 2.75) is 26.3 Å². The molecule has 0 bridgehead atoms. The first-order valence-corrected chi connectivity index (χ1v) is 9.78. The van der Waals surface area contributed by atoms with Crippen LogP contribution in [0.1, 0.15) is 36.8 Å². The Hall–Kier alpha value is -2.12. The molecule has 1 saturated heterocycles. The highest BCUT2D eigenvalue weighted by atomic mass is 32.1. The Balaban J connectivity index is 1.83. The summed E-state index contributed by atoms with van der Waals surface area (Å²) in [6, 6.07) is 8.08. The van der Waals surface area contributed by atoms with Crippen molar-refractivity contribution in [1.29, 1.82) is 0 Å². The fraction of sp³-hybridized carbons (Fsp3) is 0.474. The summed E-state index contributed by atoms with van der Waals surface area (Å²) in [5.74, 6) is 2.25. The fourth-order valence-electron chi connectivity index (χ4n) is 4.13. The van der Waals surface area contributed by atoms with Gasteiger partial charge in [-0.2, -0.15) is 9.61 Å². The molecule has 1 aliphatic rings. The van der Waals surface area contributed by atoms with E-state index in [1.807, 2.05) is 12.1 Å². The van der Waals surface area contributed by atoms with Crippen LogP contribution in [-0.4, -0.2) is 44.8 Å². The first-order chi connectivity index (χ1) is 12.6. The average molecular weight is 372 g/mol. The van der Waals surface area contributed by atoms with E-state index in [0.29, 0.717) is 16.8 Å². The van der Waals surface area contributed by atoms with Crippen LogP contribution in [0.3, 0.4) is 0 Å². The Morgan fingerprint density at radius 3 is 2.73 bits per heavy atom.